The lowest BCUT2D eigenvalue weighted by Crippen LogP contribution is -2.15. The Kier molecular flexibility index (Phi) is 6.20. The third kappa shape index (κ3) is 4.53. The van der Waals surface area contributed by atoms with Crippen LogP contribution in [0.3, 0.4) is 0 Å². The Hall–Kier alpha value is -2.71. The third-order valence-corrected chi connectivity index (χ3v) is 5.07. The van der Waals surface area contributed by atoms with E-state index >= 15 is 0 Å². The molecule has 2 aromatic heterocycles. The number of allylic oxidation sites excluding steroid dienone is 1. The van der Waals surface area contributed by atoms with Crippen LogP contribution in [-0.2, 0) is 11.3 Å². The molecule has 27 heavy (non-hydrogen) atoms. The Morgan fingerprint density at radius 3 is 2.96 bits per heavy atom. The number of anilines is 1. The van der Waals surface area contributed by atoms with Crippen LogP contribution in [0.4, 0.5) is 5.69 Å². The van der Waals surface area contributed by atoms with Crippen LogP contribution in [-0.4, -0.2) is 36.4 Å². The van der Waals surface area contributed by atoms with Crippen molar-refractivity contribution in [3.63, 3.8) is 0 Å². The Morgan fingerprint density at radius 1 is 1.37 bits per heavy atom. The molecule has 7 nitrogen and oxygen atoms in total. The van der Waals surface area contributed by atoms with Crippen LogP contribution < -0.4 is 5.32 Å². The molecular formula is C18H17ClN6OS. The second kappa shape index (κ2) is 8.79. The number of carbonyl (C=O) groups excluding carboxylic acids is 1. The monoisotopic (exact) mass is 400 g/mol. The number of nitrogens with zero attached hydrogens (tertiary/aromatic N) is 5. The van der Waals surface area contributed by atoms with Crippen LogP contribution in [0.15, 0.2) is 54.6 Å². The van der Waals surface area contributed by atoms with E-state index in [0.29, 0.717) is 33.9 Å². The average molecular weight is 401 g/mol. The SMILES string of the molecule is C=CCn1c(SCC(=O)Nc2cccc(Cl)c2C)nnc1-c1cnccn1. The lowest BCUT2D eigenvalue weighted by atomic mass is 10.2. The van der Waals surface area contributed by atoms with Gasteiger partial charge in [-0.1, -0.05) is 35.5 Å². The van der Waals surface area contributed by atoms with Gasteiger partial charge in [0.1, 0.15) is 5.69 Å². The standard InChI is InChI=1S/C18H17ClN6OS/c1-3-9-25-17(15-10-20-7-8-21-15)23-24-18(25)27-11-16(26)22-14-6-4-5-13(19)12(14)2/h3-8,10H,1,9,11H2,2H3,(H,22,26). The zero-order valence-corrected chi connectivity index (χ0v) is 16.2. The molecule has 0 aliphatic rings. The van der Waals surface area contributed by atoms with E-state index in [9.17, 15) is 4.79 Å². The number of hydrogen-bond acceptors (Lipinski definition) is 6. The van der Waals surface area contributed by atoms with E-state index in [1.807, 2.05) is 17.6 Å². The Bertz CT molecular complexity index is 960. The summed E-state index contributed by atoms with van der Waals surface area (Å²) in [6, 6.07) is 5.40. The molecule has 0 saturated heterocycles. The summed E-state index contributed by atoms with van der Waals surface area (Å²) in [6.45, 7) is 6.12. The largest absolute Gasteiger partial charge is 0.325 e. The number of thioether (sulfide) groups is 1. The predicted molar refractivity (Wildman–Crippen MR) is 107 cm³/mol. The second-order valence-corrected chi connectivity index (χ2v) is 6.90. The molecule has 0 unspecified atom stereocenters. The number of amides is 1. The number of nitrogens with one attached hydrogen (secondary N) is 1. The summed E-state index contributed by atoms with van der Waals surface area (Å²) in [4.78, 5) is 20.6. The Balaban J connectivity index is 1.72. The van der Waals surface area contributed by atoms with Crippen molar-refractivity contribution in [1.29, 1.82) is 0 Å². The lowest BCUT2D eigenvalue weighted by molar-refractivity contribution is -0.113. The normalized spacial score (nSPS) is 10.6. The molecule has 0 aliphatic carbocycles. The summed E-state index contributed by atoms with van der Waals surface area (Å²) in [5.74, 6) is 0.609. The van der Waals surface area contributed by atoms with Crippen molar-refractivity contribution in [2.24, 2.45) is 0 Å². The Labute approximate surface area is 165 Å². The fourth-order valence-electron chi connectivity index (χ4n) is 2.35. The zero-order chi connectivity index (χ0) is 19.2. The fraction of sp³-hybridized carbons (Fsp3) is 0.167. The van der Waals surface area contributed by atoms with Gasteiger partial charge in [0.15, 0.2) is 11.0 Å². The first-order valence-electron chi connectivity index (χ1n) is 8.08. The highest BCUT2D eigenvalue weighted by atomic mass is 35.5. The van der Waals surface area contributed by atoms with Gasteiger partial charge in [-0.3, -0.25) is 14.3 Å². The van der Waals surface area contributed by atoms with Crippen LogP contribution in [0, 0.1) is 6.92 Å². The molecule has 0 saturated carbocycles. The van der Waals surface area contributed by atoms with Crippen LogP contribution >= 0.6 is 23.4 Å². The smallest absolute Gasteiger partial charge is 0.234 e. The lowest BCUT2D eigenvalue weighted by Gasteiger charge is -2.10. The summed E-state index contributed by atoms with van der Waals surface area (Å²) >= 11 is 7.38. The first-order chi connectivity index (χ1) is 13.1. The maximum atomic E-state index is 12.3. The van der Waals surface area contributed by atoms with E-state index in [-0.39, 0.29) is 11.7 Å². The molecule has 0 spiro atoms. The van der Waals surface area contributed by atoms with E-state index in [0.717, 1.165) is 5.56 Å². The highest BCUT2D eigenvalue weighted by Gasteiger charge is 2.16. The number of benzene rings is 1. The van der Waals surface area contributed by atoms with Crippen molar-refractivity contribution in [2.45, 2.75) is 18.6 Å². The molecule has 3 rings (SSSR count). The van der Waals surface area contributed by atoms with E-state index in [1.54, 1.807) is 36.8 Å². The predicted octanol–water partition coefficient (Wildman–Crippen LogP) is 3.61. The van der Waals surface area contributed by atoms with Crippen molar-refractivity contribution in [2.75, 3.05) is 11.1 Å². The topological polar surface area (TPSA) is 85.6 Å². The van der Waals surface area contributed by atoms with Crippen molar-refractivity contribution >= 4 is 35.0 Å². The van der Waals surface area contributed by atoms with Gasteiger partial charge in [0, 0.05) is 29.6 Å². The van der Waals surface area contributed by atoms with Crippen molar-refractivity contribution in [1.82, 2.24) is 24.7 Å². The molecule has 0 fully saturated rings. The molecule has 0 radical (unpaired) electrons. The summed E-state index contributed by atoms with van der Waals surface area (Å²) in [6.07, 6.45) is 6.54. The molecule has 1 aromatic carbocycles. The summed E-state index contributed by atoms with van der Waals surface area (Å²) in [5, 5.41) is 12.4. The number of aromatic nitrogens is 5. The van der Waals surface area contributed by atoms with Gasteiger partial charge in [0.05, 0.1) is 11.9 Å². The minimum absolute atomic E-state index is 0.153. The maximum Gasteiger partial charge on any atom is 0.234 e. The van der Waals surface area contributed by atoms with Gasteiger partial charge >= 0.3 is 0 Å². The van der Waals surface area contributed by atoms with Gasteiger partial charge in [-0.05, 0) is 24.6 Å². The molecule has 138 valence electrons. The zero-order valence-electron chi connectivity index (χ0n) is 14.6. The van der Waals surface area contributed by atoms with E-state index in [1.165, 1.54) is 11.8 Å². The molecule has 9 heteroatoms. The van der Waals surface area contributed by atoms with Crippen molar-refractivity contribution in [3.8, 4) is 11.5 Å². The third-order valence-electron chi connectivity index (χ3n) is 3.69. The minimum atomic E-state index is -0.153. The Morgan fingerprint density at radius 2 is 2.22 bits per heavy atom. The average Bonchev–Trinajstić information content (AvgIpc) is 3.07. The molecule has 3 aromatic rings. The fourth-order valence-corrected chi connectivity index (χ4v) is 3.27. The second-order valence-electron chi connectivity index (χ2n) is 5.55. The number of hydrogen-bond donors (Lipinski definition) is 1. The maximum absolute atomic E-state index is 12.3. The van der Waals surface area contributed by atoms with Gasteiger partial charge < -0.3 is 5.32 Å². The first-order valence-corrected chi connectivity index (χ1v) is 9.44. The van der Waals surface area contributed by atoms with Crippen LogP contribution in [0.2, 0.25) is 5.02 Å². The molecule has 0 atom stereocenters. The minimum Gasteiger partial charge on any atom is -0.325 e. The van der Waals surface area contributed by atoms with Gasteiger partial charge in [-0.15, -0.1) is 16.8 Å². The van der Waals surface area contributed by atoms with Crippen molar-refractivity contribution < 1.29 is 4.79 Å². The number of halogens is 1. The van der Waals surface area contributed by atoms with Crippen LogP contribution in [0.25, 0.3) is 11.5 Å². The molecular weight excluding hydrogens is 384 g/mol. The van der Waals surface area contributed by atoms with E-state index in [2.05, 4.69) is 32.1 Å². The van der Waals surface area contributed by atoms with E-state index in [4.69, 9.17) is 11.6 Å². The van der Waals surface area contributed by atoms with Crippen molar-refractivity contribution in [3.05, 3.63) is 60.0 Å². The molecule has 0 aliphatic heterocycles. The van der Waals surface area contributed by atoms with Gasteiger partial charge in [-0.2, -0.15) is 0 Å². The number of rotatable bonds is 7. The molecule has 0 bridgehead atoms. The van der Waals surface area contributed by atoms with Crippen LogP contribution in [0.1, 0.15) is 5.56 Å². The first kappa shape index (κ1) is 19.1. The highest BCUT2D eigenvalue weighted by molar-refractivity contribution is 7.99. The molecule has 1 amide bonds. The summed E-state index contributed by atoms with van der Waals surface area (Å²) in [5.41, 5.74) is 2.14. The van der Waals surface area contributed by atoms with Gasteiger partial charge in [-0.25, -0.2) is 4.98 Å². The van der Waals surface area contributed by atoms with Gasteiger partial charge in [0.25, 0.3) is 0 Å². The highest BCUT2D eigenvalue weighted by Crippen LogP contribution is 2.25. The summed E-state index contributed by atoms with van der Waals surface area (Å²) < 4.78 is 1.85. The van der Waals surface area contributed by atoms with Gasteiger partial charge in [0.2, 0.25) is 5.91 Å². The number of carbonyl (C=O) groups is 1. The van der Waals surface area contributed by atoms with Crippen LogP contribution in [0.5, 0.6) is 0 Å². The summed E-state index contributed by atoms with van der Waals surface area (Å²) in [7, 11) is 0. The quantitative estimate of drug-likeness (QED) is 0.481. The van der Waals surface area contributed by atoms with E-state index < -0.39 is 0 Å². The molecule has 1 N–H and O–H groups in total. The molecule has 2 heterocycles.